The van der Waals surface area contributed by atoms with E-state index in [9.17, 15) is 4.79 Å². The number of aryl methyl sites for hydroxylation is 2. The van der Waals surface area contributed by atoms with Crippen LogP contribution in [0, 0.1) is 0 Å². The molecule has 19 heavy (non-hydrogen) atoms. The lowest BCUT2D eigenvalue weighted by Crippen LogP contribution is -2.38. The number of ether oxygens (including phenoxy) is 1. The van der Waals surface area contributed by atoms with Crippen molar-refractivity contribution in [2.45, 2.75) is 31.7 Å². The van der Waals surface area contributed by atoms with E-state index in [0.717, 1.165) is 18.4 Å². The van der Waals surface area contributed by atoms with Crippen molar-refractivity contribution in [2.24, 2.45) is 0 Å². The highest BCUT2D eigenvalue weighted by Crippen LogP contribution is 2.22. The van der Waals surface area contributed by atoms with Crippen molar-refractivity contribution in [3.05, 3.63) is 34.9 Å². The van der Waals surface area contributed by atoms with E-state index in [1.807, 2.05) is 12.1 Å². The molecule has 1 aromatic rings. The van der Waals surface area contributed by atoms with Gasteiger partial charge in [0.2, 0.25) is 0 Å². The number of hydrogen-bond donors (Lipinski definition) is 1. The molecule has 1 aromatic carbocycles. The zero-order chi connectivity index (χ0) is 13.7. The summed E-state index contributed by atoms with van der Waals surface area (Å²) in [7, 11) is 1.63. The molecule has 0 radical (unpaired) electrons. The Kier molecular flexibility index (Phi) is 5.23. The highest BCUT2D eigenvalue weighted by Gasteiger charge is 2.16. The maximum absolute atomic E-state index is 12.2. The Morgan fingerprint density at radius 1 is 1.42 bits per heavy atom. The van der Waals surface area contributed by atoms with E-state index in [-0.39, 0.29) is 11.9 Å². The van der Waals surface area contributed by atoms with E-state index >= 15 is 0 Å². The summed E-state index contributed by atoms with van der Waals surface area (Å²) < 4.78 is 5.09. The number of rotatable bonds is 6. The number of amides is 1. The lowest BCUT2D eigenvalue weighted by molar-refractivity contribution is 0.0895. The van der Waals surface area contributed by atoms with E-state index in [4.69, 9.17) is 16.3 Å². The maximum Gasteiger partial charge on any atom is 0.251 e. The molecule has 0 saturated carbocycles. The molecule has 1 atom stereocenters. The van der Waals surface area contributed by atoms with E-state index in [1.165, 1.54) is 17.5 Å². The van der Waals surface area contributed by atoms with E-state index in [1.54, 1.807) is 7.11 Å². The molecule has 1 aliphatic rings. The Morgan fingerprint density at radius 3 is 2.95 bits per heavy atom. The van der Waals surface area contributed by atoms with E-state index in [2.05, 4.69) is 11.4 Å². The number of methoxy groups -OCH3 is 1. The van der Waals surface area contributed by atoms with Crippen LogP contribution in [-0.2, 0) is 17.6 Å². The highest BCUT2D eigenvalue weighted by atomic mass is 35.5. The van der Waals surface area contributed by atoms with Crippen LogP contribution < -0.4 is 5.32 Å². The second-order valence-corrected chi connectivity index (χ2v) is 5.32. The Balaban J connectivity index is 2.02. The lowest BCUT2D eigenvalue weighted by atomic mass is 10.1. The van der Waals surface area contributed by atoms with Gasteiger partial charge in [0.1, 0.15) is 0 Å². The summed E-state index contributed by atoms with van der Waals surface area (Å²) in [6.07, 6.45) is 4.13. The van der Waals surface area contributed by atoms with Gasteiger partial charge in [-0.15, -0.1) is 11.6 Å². The number of nitrogens with one attached hydrogen (secondary N) is 1. The van der Waals surface area contributed by atoms with Crippen molar-refractivity contribution < 1.29 is 9.53 Å². The first-order valence-electron chi connectivity index (χ1n) is 6.72. The van der Waals surface area contributed by atoms with E-state index in [0.29, 0.717) is 18.9 Å². The van der Waals surface area contributed by atoms with Gasteiger partial charge in [-0.2, -0.15) is 0 Å². The first-order valence-corrected chi connectivity index (χ1v) is 7.25. The zero-order valence-corrected chi connectivity index (χ0v) is 12.0. The molecule has 3 nitrogen and oxygen atoms in total. The highest BCUT2D eigenvalue weighted by molar-refractivity contribution is 6.17. The number of carbonyl (C=O) groups excluding carboxylic acids is 1. The first-order chi connectivity index (χ1) is 9.24. The van der Waals surface area contributed by atoms with Gasteiger partial charge in [0.05, 0.1) is 12.6 Å². The SMILES string of the molecule is COCC(CCCl)NC(=O)c1ccc2c(c1)CCC2. The van der Waals surface area contributed by atoms with Gasteiger partial charge in [-0.25, -0.2) is 0 Å². The summed E-state index contributed by atoms with van der Waals surface area (Å²) in [6, 6.07) is 5.97. The molecule has 1 N–H and O–H groups in total. The third-order valence-corrected chi connectivity index (χ3v) is 3.74. The van der Waals surface area contributed by atoms with Gasteiger partial charge in [0.25, 0.3) is 5.91 Å². The average Bonchev–Trinajstić information content (AvgIpc) is 2.86. The van der Waals surface area contributed by atoms with Crippen LogP contribution in [0.15, 0.2) is 18.2 Å². The van der Waals surface area contributed by atoms with Crippen LogP contribution >= 0.6 is 11.6 Å². The fourth-order valence-corrected chi connectivity index (χ4v) is 2.78. The monoisotopic (exact) mass is 281 g/mol. The molecular formula is C15H20ClNO2. The third-order valence-electron chi connectivity index (χ3n) is 3.52. The van der Waals surface area contributed by atoms with E-state index < -0.39 is 0 Å². The van der Waals surface area contributed by atoms with Crippen LogP contribution in [0.25, 0.3) is 0 Å². The fourth-order valence-electron chi connectivity index (χ4n) is 2.51. The summed E-state index contributed by atoms with van der Waals surface area (Å²) >= 11 is 5.73. The number of hydrogen-bond acceptors (Lipinski definition) is 2. The van der Waals surface area contributed by atoms with Crippen LogP contribution in [-0.4, -0.2) is 31.5 Å². The van der Waals surface area contributed by atoms with Crippen molar-refractivity contribution in [3.8, 4) is 0 Å². The number of benzene rings is 1. The number of carbonyl (C=O) groups is 1. The molecular weight excluding hydrogens is 262 g/mol. The van der Waals surface area contributed by atoms with Crippen LogP contribution in [0.2, 0.25) is 0 Å². The van der Waals surface area contributed by atoms with Crippen LogP contribution in [0.1, 0.15) is 34.3 Å². The largest absolute Gasteiger partial charge is 0.383 e. The molecule has 1 amide bonds. The predicted molar refractivity (Wildman–Crippen MR) is 76.9 cm³/mol. The molecule has 0 heterocycles. The molecule has 2 rings (SSSR count). The van der Waals surface area contributed by atoms with Gasteiger partial charge >= 0.3 is 0 Å². The minimum atomic E-state index is -0.0399. The van der Waals surface area contributed by atoms with Crippen molar-refractivity contribution >= 4 is 17.5 Å². The number of alkyl halides is 1. The van der Waals surface area contributed by atoms with Crippen molar-refractivity contribution in [1.82, 2.24) is 5.32 Å². The maximum atomic E-state index is 12.2. The number of halogens is 1. The van der Waals surface area contributed by atoms with Crippen molar-refractivity contribution in [1.29, 1.82) is 0 Å². The van der Waals surface area contributed by atoms with Crippen molar-refractivity contribution in [2.75, 3.05) is 19.6 Å². The molecule has 0 aromatic heterocycles. The van der Waals surface area contributed by atoms with Gasteiger partial charge in [-0.1, -0.05) is 6.07 Å². The molecule has 0 aliphatic heterocycles. The molecule has 1 aliphatic carbocycles. The minimum absolute atomic E-state index is 0.0248. The fraction of sp³-hybridized carbons (Fsp3) is 0.533. The Labute approximate surface area is 119 Å². The smallest absolute Gasteiger partial charge is 0.251 e. The second-order valence-electron chi connectivity index (χ2n) is 4.94. The third kappa shape index (κ3) is 3.71. The van der Waals surface area contributed by atoms with Crippen molar-refractivity contribution in [3.63, 3.8) is 0 Å². The Hall–Kier alpha value is -1.06. The Bertz CT molecular complexity index is 442. The summed E-state index contributed by atoms with van der Waals surface area (Å²) in [4.78, 5) is 12.2. The zero-order valence-electron chi connectivity index (χ0n) is 11.2. The second kappa shape index (κ2) is 6.92. The molecule has 0 fully saturated rings. The lowest BCUT2D eigenvalue weighted by Gasteiger charge is -2.17. The topological polar surface area (TPSA) is 38.3 Å². The molecule has 0 saturated heterocycles. The van der Waals surface area contributed by atoms with Crippen LogP contribution in [0.3, 0.4) is 0 Å². The summed E-state index contributed by atoms with van der Waals surface area (Å²) in [5.41, 5.74) is 3.43. The molecule has 0 spiro atoms. The van der Waals surface area contributed by atoms with Crippen LogP contribution in [0.4, 0.5) is 0 Å². The van der Waals surface area contributed by atoms with Gasteiger partial charge in [-0.05, 0) is 48.9 Å². The minimum Gasteiger partial charge on any atom is -0.383 e. The first kappa shape index (κ1) is 14.4. The predicted octanol–water partition coefficient (Wildman–Crippen LogP) is 2.55. The average molecular weight is 282 g/mol. The summed E-state index contributed by atoms with van der Waals surface area (Å²) in [5.74, 6) is 0.472. The quantitative estimate of drug-likeness (QED) is 0.814. The van der Waals surface area contributed by atoms with Gasteiger partial charge in [0, 0.05) is 18.6 Å². The van der Waals surface area contributed by atoms with Gasteiger partial charge in [0.15, 0.2) is 0 Å². The molecule has 104 valence electrons. The normalized spacial score (nSPS) is 15.1. The Morgan fingerprint density at radius 2 is 2.21 bits per heavy atom. The summed E-state index contributed by atoms with van der Waals surface area (Å²) in [5, 5.41) is 2.98. The van der Waals surface area contributed by atoms with Gasteiger partial charge in [-0.3, -0.25) is 4.79 Å². The molecule has 0 bridgehead atoms. The summed E-state index contributed by atoms with van der Waals surface area (Å²) in [6.45, 7) is 0.489. The van der Waals surface area contributed by atoms with Crippen LogP contribution in [0.5, 0.6) is 0 Å². The standard InChI is InChI=1S/C15H20ClNO2/c1-19-10-14(7-8-16)17-15(18)13-6-5-11-3-2-4-12(11)9-13/h5-6,9,14H,2-4,7-8,10H2,1H3,(H,17,18). The number of fused-ring (bicyclic) bond motifs is 1. The molecule has 1 unspecified atom stereocenters. The molecule has 4 heteroatoms. The van der Waals surface area contributed by atoms with Gasteiger partial charge < -0.3 is 10.1 Å².